The van der Waals surface area contributed by atoms with Crippen LogP contribution in [0.4, 0.5) is 14.9 Å². The van der Waals surface area contributed by atoms with Crippen LogP contribution in [0.2, 0.25) is 0 Å². The summed E-state index contributed by atoms with van der Waals surface area (Å²) in [7, 11) is 0. The van der Waals surface area contributed by atoms with Gasteiger partial charge in [0.15, 0.2) is 0 Å². The number of carbonyl (C=O) groups excluding carboxylic acids is 3. The van der Waals surface area contributed by atoms with E-state index in [2.05, 4.69) is 5.32 Å². The van der Waals surface area contributed by atoms with Crippen LogP contribution < -0.4 is 10.2 Å². The summed E-state index contributed by atoms with van der Waals surface area (Å²) in [6.45, 7) is 3.60. The van der Waals surface area contributed by atoms with Gasteiger partial charge < -0.3 is 10.2 Å². The fraction of sp³-hybridized carbons (Fsp3) is 0.375. The number of anilines is 1. The van der Waals surface area contributed by atoms with Crippen molar-refractivity contribution in [1.82, 2.24) is 10.2 Å². The Kier molecular flexibility index (Phi) is 4.22. The third kappa shape index (κ3) is 2.79. The van der Waals surface area contributed by atoms with Gasteiger partial charge in [-0.1, -0.05) is 42.3 Å². The van der Waals surface area contributed by atoms with E-state index < -0.39 is 17.5 Å². The molecule has 1 unspecified atom stereocenters. The van der Waals surface area contributed by atoms with Crippen LogP contribution in [0.25, 0.3) is 0 Å². The molecule has 0 radical (unpaired) electrons. The van der Waals surface area contributed by atoms with E-state index in [0.29, 0.717) is 23.4 Å². The van der Waals surface area contributed by atoms with E-state index in [9.17, 15) is 18.8 Å². The summed E-state index contributed by atoms with van der Waals surface area (Å²) in [5.41, 5.74) is 1.28. The molecular formula is C24H24FN3O3. The van der Waals surface area contributed by atoms with Crippen molar-refractivity contribution in [2.45, 2.75) is 44.1 Å². The third-order valence-corrected chi connectivity index (χ3v) is 7.08. The van der Waals surface area contributed by atoms with Gasteiger partial charge in [0, 0.05) is 17.5 Å². The Balaban J connectivity index is 1.40. The van der Waals surface area contributed by atoms with Crippen molar-refractivity contribution in [3.63, 3.8) is 0 Å². The lowest BCUT2D eigenvalue weighted by Crippen LogP contribution is -2.47. The maximum absolute atomic E-state index is 14.6. The average molecular weight is 421 g/mol. The normalized spacial score (nSPS) is 23.7. The number of urea groups is 1. The molecule has 160 valence electrons. The van der Waals surface area contributed by atoms with E-state index in [1.807, 2.05) is 19.1 Å². The Morgan fingerprint density at radius 2 is 1.84 bits per heavy atom. The van der Waals surface area contributed by atoms with E-state index >= 15 is 0 Å². The van der Waals surface area contributed by atoms with Crippen LogP contribution in [-0.2, 0) is 20.5 Å². The molecule has 1 atom stereocenters. The number of benzene rings is 2. The van der Waals surface area contributed by atoms with Gasteiger partial charge in [0.2, 0.25) is 5.91 Å². The van der Waals surface area contributed by atoms with Crippen LogP contribution in [0.5, 0.6) is 0 Å². The predicted octanol–water partition coefficient (Wildman–Crippen LogP) is 3.37. The van der Waals surface area contributed by atoms with Crippen LogP contribution in [0.1, 0.15) is 42.9 Å². The molecule has 2 aromatic carbocycles. The maximum Gasteiger partial charge on any atom is 0.325 e. The first-order valence-electron chi connectivity index (χ1n) is 10.6. The van der Waals surface area contributed by atoms with Gasteiger partial charge in [0.25, 0.3) is 5.91 Å². The van der Waals surface area contributed by atoms with Gasteiger partial charge in [-0.2, -0.15) is 0 Å². The highest BCUT2D eigenvalue weighted by atomic mass is 19.1. The second kappa shape index (κ2) is 6.64. The van der Waals surface area contributed by atoms with E-state index in [1.54, 1.807) is 36.1 Å². The fourth-order valence-electron chi connectivity index (χ4n) is 5.11. The fourth-order valence-corrected chi connectivity index (χ4v) is 5.11. The zero-order valence-corrected chi connectivity index (χ0v) is 17.6. The third-order valence-electron chi connectivity index (χ3n) is 7.08. The highest BCUT2D eigenvalue weighted by Crippen LogP contribution is 2.53. The van der Waals surface area contributed by atoms with Crippen LogP contribution in [0.15, 0.2) is 42.5 Å². The lowest BCUT2D eigenvalue weighted by atomic mass is 9.65. The van der Waals surface area contributed by atoms with Crippen molar-refractivity contribution in [3.05, 3.63) is 65.0 Å². The molecule has 6 nitrogen and oxygen atoms in total. The first-order chi connectivity index (χ1) is 14.7. The average Bonchev–Trinajstić information content (AvgIpc) is 3.18. The monoisotopic (exact) mass is 421 g/mol. The van der Waals surface area contributed by atoms with Crippen molar-refractivity contribution in [3.8, 4) is 0 Å². The van der Waals surface area contributed by atoms with Crippen LogP contribution in [-0.4, -0.2) is 35.8 Å². The molecule has 0 bridgehead atoms. The first kappa shape index (κ1) is 19.7. The summed E-state index contributed by atoms with van der Waals surface area (Å²) in [5.74, 6) is -1.14. The number of hydrogen-bond acceptors (Lipinski definition) is 3. The zero-order valence-electron chi connectivity index (χ0n) is 17.6. The molecule has 1 N–H and O–H groups in total. The summed E-state index contributed by atoms with van der Waals surface area (Å²) in [6, 6.07) is 11.5. The number of carbonyl (C=O) groups is 3. The molecule has 3 aliphatic rings. The number of imide groups is 1. The summed E-state index contributed by atoms with van der Waals surface area (Å²) in [6.07, 6.45) is 2.66. The van der Waals surface area contributed by atoms with Gasteiger partial charge >= 0.3 is 6.03 Å². The molecule has 1 aliphatic carbocycles. The van der Waals surface area contributed by atoms with Crippen molar-refractivity contribution in [1.29, 1.82) is 0 Å². The van der Waals surface area contributed by atoms with Crippen molar-refractivity contribution in [2.75, 3.05) is 18.0 Å². The summed E-state index contributed by atoms with van der Waals surface area (Å²) >= 11 is 0. The standard InChI is InChI=1S/C24H24FN3O3/c1-15-7-9-16(10-8-15)23(2)21(30)27(22(31)26-23)13-19(29)28-14-24(11-4-12-24)20-17(25)5-3-6-18(20)28/h3,5-10H,4,11-14H2,1-2H3,(H,26,31). The summed E-state index contributed by atoms with van der Waals surface area (Å²) in [4.78, 5) is 41.6. The van der Waals surface area contributed by atoms with E-state index in [1.165, 1.54) is 6.07 Å². The van der Waals surface area contributed by atoms with Gasteiger partial charge in [0.1, 0.15) is 17.9 Å². The number of amides is 4. The molecule has 2 aromatic rings. The number of halogens is 1. The second-order valence-corrected chi connectivity index (χ2v) is 9.06. The lowest BCUT2D eigenvalue weighted by Gasteiger charge is -2.39. The minimum Gasteiger partial charge on any atom is -0.319 e. The second-order valence-electron chi connectivity index (χ2n) is 9.06. The van der Waals surface area contributed by atoms with Gasteiger partial charge in [-0.05, 0) is 44.4 Å². The number of rotatable bonds is 3. The zero-order chi connectivity index (χ0) is 22.0. The topological polar surface area (TPSA) is 69.7 Å². The van der Waals surface area contributed by atoms with Crippen molar-refractivity contribution in [2.24, 2.45) is 0 Å². The molecule has 31 heavy (non-hydrogen) atoms. The highest BCUT2D eigenvalue weighted by Gasteiger charge is 2.53. The summed E-state index contributed by atoms with van der Waals surface area (Å²) in [5, 5.41) is 2.74. The molecule has 7 heteroatoms. The minimum atomic E-state index is -1.23. The molecule has 1 spiro atoms. The molecule has 5 rings (SSSR count). The molecule has 0 aromatic heterocycles. The summed E-state index contributed by atoms with van der Waals surface area (Å²) < 4.78 is 14.6. The van der Waals surface area contributed by atoms with Gasteiger partial charge in [0.05, 0.1) is 5.69 Å². The maximum atomic E-state index is 14.6. The Hall–Kier alpha value is -3.22. The Bertz CT molecular complexity index is 1110. The molecule has 2 heterocycles. The van der Waals surface area contributed by atoms with E-state index in [0.717, 1.165) is 29.7 Å². The van der Waals surface area contributed by atoms with Gasteiger partial charge in [-0.3, -0.25) is 14.5 Å². The number of fused-ring (bicyclic) bond motifs is 2. The van der Waals surface area contributed by atoms with Gasteiger partial charge in [-0.25, -0.2) is 9.18 Å². The number of nitrogens with one attached hydrogen (secondary N) is 1. The van der Waals surface area contributed by atoms with Crippen LogP contribution >= 0.6 is 0 Å². The molecule has 1 saturated heterocycles. The largest absolute Gasteiger partial charge is 0.325 e. The highest BCUT2D eigenvalue weighted by molar-refractivity contribution is 6.11. The van der Waals surface area contributed by atoms with Gasteiger partial charge in [-0.15, -0.1) is 0 Å². The van der Waals surface area contributed by atoms with Crippen LogP contribution in [0.3, 0.4) is 0 Å². The first-order valence-corrected chi connectivity index (χ1v) is 10.6. The Labute approximate surface area is 180 Å². The minimum absolute atomic E-state index is 0.297. The quantitative estimate of drug-likeness (QED) is 0.773. The number of hydrogen-bond donors (Lipinski definition) is 1. The number of aryl methyl sites for hydroxylation is 1. The molecule has 4 amide bonds. The SMILES string of the molecule is Cc1ccc(C2(C)NC(=O)N(CC(=O)N3CC4(CCC4)c4c(F)cccc43)C2=O)cc1. The molecular weight excluding hydrogens is 397 g/mol. The Morgan fingerprint density at radius 3 is 2.48 bits per heavy atom. The smallest absolute Gasteiger partial charge is 0.319 e. The van der Waals surface area contributed by atoms with Crippen LogP contribution in [0, 0.1) is 12.7 Å². The van der Waals surface area contributed by atoms with Crippen molar-refractivity contribution >= 4 is 23.5 Å². The van der Waals surface area contributed by atoms with E-state index in [4.69, 9.17) is 0 Å². The molecule has 2 fully saturated rings. The lowest BCUT2D eigenvalue weighted by molar-refractivity contribution is -0.134. The molecule has 2 aliphatic heterocycles. The van der Waals surface area contributed by atoms with Crippen molar-refractivity contribution < 1.29 is 18.8 Å². The molecule has 1 saturated carbocycles. The Morgan fingerprint density at radius 1 is 1.13 bits per heavy atom. The number of nitrogens with zero attached hydrogens (tertiary/aromatic N) is 2. The van der Waals surface area contributed by atoms with E-state index in [-0.39, 0.29) is 23.7 Å². The predicted molar refractivity (Wildman–Crippen MR) is 113 cm³/mol.